The fraction of sp³-hybridized carbons (Fsp3) is 0.409. The molecule has 0 radical (unpaired) electrons. The first-order chi connectivity index (χ1) is 12.7. The number of benzene rings is 2. The number of rotatable bonds is 6. The van der Waals surface area contributed by atoms with Crippen LogP contribution in [0, 0.1) is 0 Å². The lowest BCUT2D eigenvalue weighted by molar-refractivity contribution is 0.0607. The van der Waals surface area contributed by atoms with E-state index in [0.717, 1.165) is 55.5 Å². The number of nitrogens with zero attached hydrogens (tertiary/aromatic N) is 2. The SMILES string of the molecule is CCCN(Cc1ccc(Br)cc1)C1CCN(C(=O)c2ccccc2)CC1. The van der Waals surface area contributed by atoms with E-state index in [1.807, 2.05) is 35.2 Å². The first kappa shape index (κ1) is 19.1. The molecule has 3 nitrogen and oxygen atoms in total. The molecular weight excluding hydrogens is 388 g/mol. The summed E-state index contributed by atoms with van der Waals surface area (Å²) >= 11 is 3.51. The third-order valence-corrected chi connectivity index (χ3v) is 5.63. The summed E-state index contributed by atoms with van der Waals surface area (Å²) in [4.78, 5) is 17.2. The van der Waals surface area contributed by atoms with Crippen LogP contribution in [0.1, 0.15) is 42.1 Å². The van der Waals surface area contributed by atoms with Crippen LogP contribution in [0.25, 0.3) is 0 Å². The Hall–Kier alpha value is -1.65. The van der Waals surface area contributed by atoms with E-state index in [9.17, 15) is 4.79 Å². The van der Waals surface area contributed by atoms with E-state index in [0.29, 0.717) is 6.04 Å². The number of likely N-dealkylation sites (tertiary alicyclic amines) is 1. The van der Waals surface area contributed by atoms with E-state index in [1.54, 1.807) is 0 Å². The highest BCUT2D eigenvalue weighted by Crippen LogP contribution is 2.21. The van der Waals surface area contributed by atoms with Gasteiger partial charge in [0.2, 0.25) is 0 Å². The lowest BCUT2D eigenvalue weighted by Gasteiger charge is -2.38. The second kappa shape index (κ2) is 9.33. The van der Waals surface area contributed by atoms with Gasteiger partial charge in [-0.15, -0.1) is 0 Å². The maximum Gasteiger partial charge on any atom is 0.253 e. The number of piperidine rings is 1. The van der Waals surface area contributed by atoms with Gasteiger partial charge in [-0.05, 0) is 55.6 Å². The summed E-state index contributed by atoms with van der Waals surface area (Å²) in [6.07, 6.45) is 3.25. The second-order valence-electron chi connectivity index (χ2n) is 6.99. The summed E-state index contributed by atoms with van der Waals surface area (Å²) in [6.45, 7) is 6.02. The smallest absolute Gasteiger partial charge is 0.253 e. The molecule has 0 aliphatic carbocycles. The first-order valence-corrected chi connectivity index (χ1v) is 10.3. The van der Waals surface area contributed by atoms with Gasteiger partial charge in [0.1, 0.15) is 0 Å². The standard InChI is InChI=1S/C22H27BrN2O/c1-2-14-25(17-18-8-10-20(23)11-9-18)21-12-15-24(16-13-21)22(26)19-6-4-3-5-7-19/h3-11,21H,2,12-17H2,1H3. The van der Waals surface area contributed by atoms with Crippen molar-refractivity contribution in [2.24, 2.45) is 0 Å². The highest BCUT2D eigenvalue weighted by atomic mass is 79.9. The molecule has 1 aliphatic rings. The molecule has 2 aromatic rings. The third kappa shape index (κ3) is 4.95. The highest BCUT2D eigenvalue weighted by molar-refractivity contribution is 9.10. The van der Waals surface area contributed by atoms with Gasteiger partial charge in [0.25, 0.3) is 5.91 Å². The van der Waals surface area contributed by atoms with Gasteiger partial charge in [-0.1, -0.05) is 53.2 Å². The van der Waals surface area contributed by atoms with Gasteiger partial charge in [-0.2, -0.15) is 0 Å². The van der Waals surface area contributed by atoms with Crippen LogP contribution in [-0.4, -0.2) is 41.4 Å². The Bertz CT molecular complexity index is 694. The Morgan fingerprint density at radius 2 is 1.73 bits per heavy atom. The van der Waals surface area contributed by atoms with Gasteiger partial charge >= 0.3 is 0 Å². The molecule has 1 aliphatic heterocycles. The van der Waals surface area contributed by atoms with Crippen LogP contribution < -0.4 is 0 Å². The van der Waals surface area contributed by atoms with Crippen LogP contribution in [0.2, 0.25) is 0 Å². The molecule has 3 rings (SSSR count). The van der Waals surface area contributed by atoms with Crippen LogP contribution in [0.15, 0.2) is 59.1 Å². The number of hydrogen-bond donors (Lipinski definition) is 0. The van der Waals surface area contributed by atoms with E-state index in [2.05, 4.69) is 52.0 Å². The van der Waals surface area contributed by atoms with E-state index in [1.165, 1.54) is 5.56 Å². The van der Waals surface area contributed by atoms with Gasteiger partial charge in [-0.25, -0.2) is 0 Å². The number of amides is 1. The van der Waals surface area contributed by atoms with Crippen molar-refractivity contribution >= 4 is 21.8 Å². The Morgan fingerprint density at radius 3 is 2.35 bits per heavy atom. The number of hydrogen-bond acceptors (Lipinski definition) is 2. The van der Waals surface area contributed by atoms with E-state index in [4.69, 9.17) is 0 Å². The van der Waals surface area contributed by atoms with E-state index < -0.39 is 0 Å². The minimum Gasteiger partial charge on any atom is -0.339 e. The molecule has 0 unspecified atom stereocenters. The van der Waals surface area contributed by atoms with Crippen molar-refractivity contribution in [3.05, 3.63) is 70.2 Å². The minimum atomic E-state index is 0.166. The van der Waals surface area contributed by atoms with Crippen molar-refractivity contribution in [2.45, 2.75) is 38.8 Å². The van der Waals surface area contributed by atoms with Crippen molar-refractivity contribution in [1.82, 2.24) is 9.80 Å². The molecule has 2 aromatic carbocycles. The van der Waals surface area contributed by atoms with Crippen LogP contribution >= 0.6 is 15.9 Å². The second-order valence-corrected chi connectivity index (χ2v) is 7.90. The third-order valence-electron chi connectivity index (χ3n) is 5.10. The summed E-state index contributed by atoms with van der Waals surface area (Å²) in [5, 5.41) is 0. The molecule has 1 amide bonds. The molecule has 0 spiro atoms. The molecule has 26 heavy (non-hydrogen) atoms. The molecule has 1 fully saturated rings. The van der Waals surface area contributed by atoms with Crippen LogP contribution in [0.5, 0.6) is 0 Å². The van der Waals surface area contributed by atoms with Crippen molar-refractivity contribution in [3.63, 3.8) is 0 Å². The maximum absolute atomic E-state index is 12.6. The number of carbonyl (C=O) groups is 1. The van der Waals surface area contributed by atoms with E-state index in [-0.39, 0.29) is 5.91 Å². The van der Waals surface area contributed by atoms with Crippen molar-refractivity contribution in [2.75, 3.05) is 19.6 Å². The zero-order chi connectivity index (χ0) is 18.4. The molecular formula is C22H27BrN2O. The summed E-state index contributed by atoms with van der Waals surface area (Å²) in [6, 6.07) is 18.8. The predicted octanol–water partition coefficient (Wildman–Crippen LogP) is 4.97. The molecule has 0 saturated carbocycles. The minimum absolute atomic E-state index is 0.166. The Balaban J connectivity index is 1.59. The van der Waals surface area contributed by atoms with Gasteiger partial charge < -0.3 is 4.90 Å². The Kier molecular flexibility index (Phi) is 6.86. The average Bonchev–Trinajstić information content (AvgIpc) is 2.69. The molecule has 0 aromatic heterocycles. The average molecular weight is 415 g/mol. The topological polar surface area (TPSA) is 23.6 Å². The molecule has 0 atom stereocenters. The van der Waals surface area contributed by atoms with Crippen LogP contribution in [0.4, 0.5) is 0 Å². The molecule has 138 valence electrons. The molecule has 0 bridgehead atoms. The first-order valence-electron chi connectivity index (χ1n) is 9.50. The van der Waals surface area contributed by atoms with Crippen LogP contribution in [0.3, 0.4) is 0 Å². The Morgan fingerprint density at radius 1 is 1.08 bits per heavy atom. The highest BCUT2D eigenvalue weighted by Gasteiger charge is 2.27. The largest absolute Gasteiger partial charge is 0.339 e. The van der Waals surface area contributed by atoms with Crippen molar-refractivity contribution in [3.8, 4) is 0 Å². The van der Waals surface area contributed by atoms with Gasteiger partial charge in [-0.3, -0.25) is 9.69 Å². The Labute approximate surface area is 165 Å². The zero-order valence-electron chi connectivity index (χ0n) is 15.4. The summed E-state index contributed by atoms with van der Waals surface area (Å²) in [5.74, 6) is 0.166. The lowest BCUT2D eigenvalue weighted by Crippen LogP contribution is -2.46. The number of halogens is 1. The summed E-state index contributed by atoms with van der Waals surface area (Å²) in [5.41, 5.74) is 2.15. The predicted molar refractivity (Wildman–Crippen MR) is 110 cm³/mol. The monoisotopic (exact) mass is 414 g/mol. The lowest BCUT2D eigenvalue weighted by atomic mass is 10.0. The fourth-order valence-corrected chi connectivity index (χ4v) is 3.96. The fourth-order valence-electron chi connectivity index (χ4n) is 3.70. The van der Waals surface area contributed by atoms with E-state index >= 15 is 0 Å². The normalized spacial score (nSPS) is 15.4. The van der Waals surface area contributed by atoms with Crippen LogP contribution in [-0.2, 0) is 6.54 Å². The molecule has 1 heterocycles. The van der Waals surface area contributed by atoms with Gasteiger partial charge in [0.05, 0.1) is 0 Å². The molecule has 1 saturated heterocycles. The number of carbonyl (C=O) groups excluding carboxylic acids is 1. The van der Waals surface area contributed by atoms with Crippen molar-refractivity contribution in [1.29, 1.82) is 0 Å². The quantitative estimate of drug-likeness (QED) is 0.666. The molecule has 0 N–H and O–H groups in total. The zero-order valence-corrected chi connectivity index (χ0v) is 17.0. The van der Waals surface area contributed by atoms with Crippen molar-refractivity contribution < 1.29 is 4.79 Å². The summed E-state index contributed by atoms with van der Waals surface area (Å²) < 4.78 is 1.12. The summed E-state index contributed by atoms with van der Waals surface area (Å²) in [7, 11) is 0. The molecule has 4 heteroatoms. The van der Waals surface area contributed by atoms with Gasteiger partial charge in [0.15, 0.2) is 0 Å². The maximum atomic E-state index is 12.6. The van der Waals surface area contributed by atoms with Gasteiger partial charge in [0, 0.05) is 35.7 Å².